The molecule has 0 aromatic heterocycles. The summed E-state index contributed by atoms with van der Waals surface area (Å²) in [6.45, 7) is 15.5. The van der Waals surface area contributed by atoms with Gasteiger partial charge >= 0.3 is 5.97 Å². The predicted molar refractivity (Wildman–Crippen MR) is 131 cm³/mol. The van der Waals surface area contributed by atoms with Crippen molar-refractivity contribution in [2.75, 3.05) is 6.26 Å². The van der Waals surface area contributed by atoms with E-state index in [4.69, 9.17) is 9.16 Å². The second kappa shape index (κ2) is 9.72. The molecule has 1 aromatic carbocycles. The third-order valence-electron chi connectivity index (χ3n) is 6.44. The lowest BCUT2D eigenvalue weighted by atomic mass is 9.91. The average Bonchev–Trinajstić information content (AvgIpc) is 2.66. The molecular weight excluding hydrogens is 458 g/mol. The highest BCUT2D eigenvalue weighted by Gasteiger charge is 2.59. The first-order valence-corrected chi connectivity index (χ1v) is 15.9. The van der Waals surface area contributed by atoms with E-state index < -0.39 is 47.4 Å². The van der Waals surface area contributed by atoms with Crippen LogP contribution in [0.25, 0.3) is 0 Å². The lowest BCUT2D eigenvalue weighted by Gasteiger charge is -2.50. The number of β-lactam (4-membered cyclic amide) rings is 1. The topological polar surface area (TPSA) is 90.0 Å². The molecule has 33 heavy (non-hydrogen) atoms. The maximum atomic E-state index is 13.3. The van der Waals surface area contributed by atoms with Gasteiger partial charge in [-0.3, -0.25) is 9.69 Å². The van der Waals surface area contributed by atoms with E-state index in [0.717, 1.165) is 16.7 Å². The molecule has 7 nitrogen and oxygen atoms in total. The molecular formula is C24H37NO6SSi. The van der Waals surface area contributed by atoms with Gasteiger partial charge in [0.1, 0.15) is 12.3 Å². The van der Waals surface area contributed by atoms with Crippen molar-refractivity contribution in [1.82, 2.24) is 4.90 Å². The summed E-state index contributed by atoms with van der Waals surface area (Å²) in [7, 11) is -5.96. The number of amides is 1. The minimum atomic E-state index is -3.71. The Hall–Kier alpha value is -1.97. The summed E-state index contributed by atoms with van der Waals surface area (Å²) < 4.78 is 37.3. The van der Waals surface area contributed by atoms with E-state index in [-0.39, 0.29) is 17.3 Å². The van der Waals surface area contributed by atoms with Crippen molar-refractivity contribution < 1.29 is 27.2 Å². The second-order valence-corrected chi connectivity index (χ2v) is 17.3. The smallest absolute Gasteiger partial charge is 0.355 e. The molecule has 1 fully saturated rings. The number of esters is 1. The first-order valence-electron chi connectivity index (χ1n) is 11.1. The summed E-state index contributed by atoms with van der Waals surface area (Å²) in [6.07, 6.45) is 0.481. The lowest BCUT2D eigenvalue weighted by molar-refractivity contribution is -0.159. The third-order valence-corrected chi connectivity index (χ3v) is 12.4. The van der Waals surface area contributed by atoms with Crippen LogP contribution in [0.3, 0.4) is 0 Å². The van der Waals surface area contributed by atoms with E-state index in [2.05, 4.69) is 33.9 Å². The van der Waals surface area contributed by atoms with Crippen LogP contribution in [-0.4, -0.2) is 51.2 Å². The number of sulfone groups is 1. The van der Waals surface area contributed by atoms with E-state index in [9.17, 15) is 18.0 Å². The highest BCUT2D eigenvalue weighted by molar-refractivity contribution is 7.91. The number of rotatable bonds is 8. The van der Waals surface area contributed by atoms with Gasteiger partial charge in [-0.1, -0.05) is 51.1 Å². The highest BCUT2D eigenvalue weighted by Crippen LogP contribution is 2.43. The summed E-state index contributed by atoms with van der Waals surface area (Å²) in [6, 6.07) is 9.16. The summed E-state index contributed by atoms with van der Waals surface area (Å²) in [5, 5.41) is -1.28. The molecule has 1 saturated heterocycles. The molecule has 1 aromatic rings. The second-order valence-electron chi connectivity index (χ2n) is 10.4. The molecule has 1 amide bonds. The molecule has 0 unspecified atom stereocenters. The molecule has 0 saturated carbocycles. The maximum absolute atomic E-state index is 13.3. The van der Waals surface area contributed by atoms with Crippen LogP contribution in [0.4, 0.5) is 0 Å². The van der Waals surface area contributed by atoms with Crippen LogP contribution in [0.1, 0.15) is 47.1 Å². The normalized spacial score (nSPS) is 20.2. The number of likely N-dealkylation sites (tertiary alicyclic amines) is 1. The zero-order valence-corrected chi connectivity index (χ0v) is 22.9. The van der Waals surface area contributed by atoms with Gasteiger partial charge in [-0.2, -0.15) is 0 Å². The van der Waals surface area contributed by atoms with Crippen LogP contribution in [0.2, 0.25) is 18.1 Å². The lowest BCUT2D eigenvalue weighted by Crippen LogP contribution is -2.68. The fraction of sp³-hybridized carbons (Fsp3) is 0.583. The van der Waals surface area contributed by atoms with Gasteiger partial charge < -0.3 is 9.16 Å². The van der Waals surface area contributed by atoms with Crippen molar-refractivity contribution in [3.8, 4) is 0 Å². The molecule has 2 rings (SSSR count). The molecule has 0 N–H and O–H groups in total. The van der Waals surface area contributed by atoms with Crippen LogP contribution in [0.15, 0.2) is 41.6 Å². The Labute approximate surface area is 199 Å². The van der Waals surface area contributed by atoms with Gasteiger partial charge in [0.2, 0.25) is 5.91 Å². The van der Waals surface area contributed by atoms with E-state index >= 15 is 0 Å². The first-order chi connectivity index (χ1) is 15.0. The molecule has 1 aliphatic heterocycles. The zero-order valence-electron chi connectivity index (χ0n) is 21.1. The standard InChI is InChI=1S/C24H37NO6SSi/c1-16(2)20(23(27)30-15-18-13-11-10-12-14-18)25-21(26)19(22(25)32(7,28)29)17(3)31-33(8,9)24(4,5)6/h10-14,17,19,22H,15H2,1-9H3/t17-,19+,22-/m1/s1. The van der Waals surface area contributed by atoms with Crippen LogP contribution in [0.5, 0.6) is 0 Å². The Bertz CT molecular complexity index is 1020. The van der Waals surface area contributed by atoms with E-state index in [1.165, 1.54) is 0 Å². The quantitative estimate of drug-likeness (QED) is 0.232. The van der Waals surface area contributed by atoms with Crippen molar-refractivity contribution >= 4 is 30.0 Å². The number of carbonyl (C=O) groups excluding carboxylic acids is 2. The SMILES string of the molecule is CC(C)=C(C(=O)OCc1ccccc1)N1C(=O)[C@H]([C@@H](C)O[Si](C)(C)C(C)(C)C)[C@H]1S(C)(=O)=O. The van der Waals surface area contributed by atoms with E-state index in [1.54, 1.807) is 20.8 Å². The summed E-state index contributed by atoms with van der Waals surface area (Å²) >= 11 is 0. The van der Waals surface area contributed by atoms with E-state index in [0.29, 0.717) is 5.57 Å². The molecule has 0 bridgehead atoms. The molecule has 184 valence electrons. The fourth-order valence-corrected chi connectivity index (χ4v) is 6.56. The number of ether oxygens (including phenoxy) is 1. The summed E-state index contributed by atoms with van der Waals surface area (Å²) in [5.41, 5.74) is 1.27. The number of nitrogens with zero attached hydrogens (tertiary/aromatic N) is 1. The van der Waals surface area contributed by atoms with Crippen LogP contribution in [-0.2, 0) is 35.2 Å². The van der Waals surface area contributed by atoms with Gasteiger partial charge in [0, 0.05) is 6.26 Å². The van der Waals surface area contributed by atoms with Gasteiger partial charge in [-0.05, 0) is 50.0 Å². The molecule has 1 heterocycles. The number of allylic oxidation sites excluding steroid dienone is 1. The first kappa shape index (κ1) is 27.3. The molecule has 0 radical (unpaired) electrons. The zero-order chi connectivity index (χ0) is 25.4. The van der Waals surface area contributed by atoms with Crippen molar-refractivity contribution in [3.05, 3.63) is 47.2 Å². The maximum Gasteiger partial charge on any atom is 0.355 e. The van der Waals surface area contributed by atoms with Crippen molar-refractivity contribution in [2.45, 2.75) is 77.8 Å². The van der Waals surface area contributed by atoms with Crippen LogP contribution < -0.4 is 0 Å². The Morgan fingerprint density at radius 2 is 1.70 bits per heavy atom. The minimum absolute atomic E-state index is 0.0241. The minimum Gasteiger partial charge on any atom is -0.456 e. The molecule has 0 aliphatic carbocycles. The summed E-state index contributed by atoms with van der Waals surface area (Å²) in [5.74, 6) is -2.05. The van der Waals surface area contributed by atoms with Gasteiger partial charge in [0.15, 0.2) is 23.5 Å². The predicted octanol–water partition coefficient (Wildman–Crippen LogP) is 4.26. The van der Waals surface area contributed by atoms with E-state index in [1.807, 2.05) is 30.3 Å². The van der Waals surface area contributed by atoms with Gasteiger partial charge in [-0.15, -0.1) is 0 Å². The van der Waals surface area contributed by atoms with Crippen molar-refractivity contribution in [3.63, 3.8) is 0 Å². The molecule has 0 spiro atoms. The highest BCUT2D eigenvalue weighted by atomic mass is 32.2. The van der Waals surface area contributed by atoms with Gasteiger partial charge in [0.25, 0.3) is 0 Å². The van der Waals surface area contributed by atoms with Crippen LogP contribution in [0, 0.1) is 5.92 Å². The van der Waals surface area contributed by atoms with Gasteiger partial charge in [-0.25, -0.2) is 13.2 Å². The van der Waals surface area contributed by atoms with Gasteiger partial charge in [0.05, 0.1) is 12.0 Å². The molecule has 9 heteroatoms. The Kier molecular flexibility index (Phi) is 8.03. The Morgan fingerprint density at radius 3 is 2.15 bits per heavy atom. The molecule has 1 aliphatic rings. The monoisotopic (exact) mass is 495 g/mol. The van der Waals surface area contributed by atoms with Crippen molar-refractivity contribution in [1.29, 1.82) is 0 Å². The average molecular weight is 496 g/mol. The van der Waals surface area contributed by atoms with Crippen LogP contribution >= 0.6 is 0 Å². The Balaban J connectivity index is 2.31. The third kappa shape index (κ3) is 5.94. The number of hydrogen-bond acceptors (Lipinski definition) is 6. The summed E-state index contributed by atoms with van der Waals surface area (Å²) in [4.78, 5) is 27.3. The Morgan fingerprint density at radius 1 is 1.15 bits per heavy atom. The number of carbonyl (C=O) groups is 2. The number of benzene rings is 1. The number of hydrogen-bond donors (Lipinski definition) is 0. The largest absolute Gasteiger partial charge is 0.456 e. The molecule has 3 atom stereocenters. The van der Waals surface area contributed by atoms with Crippen molar-refractivity contribution in [2.24, 2.45) is 5.92 Å². The fourth-order valence-electron chi connectivity index (χ4n) is 3.66.